The first-order valence-corrected chi connectivity index (χ1v) is 10.5. The number of rotatable bonds is 5. The fourth-order valence-electron chi connectivity index (χ4n) is 4.51. The van der Waals surface area contributed by atoms with Crippen molar-refractivity contribution in [1.82, 2.24) is 25.5 Å². The Hall–Kier alpha value is -2.63. The van der Waals surface area contributed by atoms with Crippen LogP contribution in [0.1, 0.15) is 30.4 Å². The Morgan fingerprint density at radius 1 is 1.30 bits per heavy atom. The molecule has 158 valence electrons. The number of hydrogen-bond donors (Lipinski definition) is 2. The molecule has 2 saturated heterocycles. The number of halogens is 1. The Morgan fingerprint density at radius 2 is 2.03 bits per heavy atom. The van der Waals surface area contributed by atoms with Crippen LogP contribution in [0.3, 0.4) is 0 Å². The number of nitrogens with one attached hydrogen (secondary N) is 2. The fraction of sp³-hybridized carbons (Fsp3) is 0.545. The van der Waals surface area contributed by atoms with E-state index < -0.39 is 5.67 Å². The Kier molecular flexibility index (Phi) is 5.93. The van der Waals surface area contributed by atoms with Crippen LogP contribution in [-0.2, 0) is 11.2 Å². The smallest absolute Gasteiger partial charge is 0.223 e. The summed E-state index contributed by atoms with van der Waals surface area (Å²) in [6, 6.07) is 5.79. The van der Waals surface area contributed by atoms with Gasteiger partial charge in [-0.1, -0.05) is 6.07 Å². The summed E-state index contributed by atoms with van der Waals surface area (Å²) in [4.78, 5) is 23.4. The first-order valence-electron chi connectivity index (χ1n) is 10.5. The van der Waals surface area contributed by atoms with Gasteiger partial charge < -0.3 is 15.5 Å². The lowest BCUT2D eigenvalue weighted by atomic mass is 9.89. The Balaban J connectivity index is 1.43. The van der Waals surface area contributed by atoms with Crippen LogP contribution in [0.2, 0.25) is 0 Å². The second-order valence-electron chi connectivity index (χ2n) is 8.57. The molecule has 0 radical (unpaired) electrons. The van der Waals surface area contributed by atoms with Gasteiger partial charge in [-0.3, -0.25) is 14.8 Å². The van der Waals surface area contributed by atoms with Gasteiger partial charge in [-0.2, -0.15) is 5.26 Å². The molecular formula is C22H27FN6O. The number of amides is 1. The Bertz CT molecular complexity index is 966. The molecule has 1 aromatic heterocycles. The monoisotopic (exact) mass is 410 g/mol. The zero-order chi connectivity index (χ0) is 21.1. The maximum absolute atomic E-state index is 15.0. The highest BCUT2D eigenvalue weighted by Crippen LogP contribution is 2.30. The third-order valence-electron chi connectivity index (χ3n) is 6.36. The van der Waals surface area contributed by atoms with E-state index in [4.69, 9.17) is 0 Å². The molecule has 3 heterocycles. The highest BCUT2D eigenvalue weighted by Gasteiger charge is 2.37. The zero-order valence-corrected chi connectivity index (χ0v) is 17.2. The molecule has 2 N–H and O–H groups in total. The van der Waals surface area contributed by atoms with Crippen molar-refractivity contribution < 1.29 is 9.18 Å². The average molecular weight is 410 g/mol. The Morgan fingerprint density at radius 3 is 2.77 bits per heavy atom. The lowest BCUT2D eigenvalue weighted by molar-refractivity contribution is -0.125. The van der Waals surface area contributed by atoms with E-state index in [0.717, 1.165) is 17.6 Å². The van der Waals surface area contributed by atoms with E-state index in [1.54, 1.807) is 18.5 Å². The van der Waals surface area contributed by atoms with Crippen LogP contribution in [0.25, 0.3) is 11.0 Å². The van der Waals surface area contributed by atoms with E-state index >= 15 is 4.39 Å². The predicted molar refractivity (Wildman–Crippen MR) is 111 cm³/mol. The number of benzene rings is 1. The molecular weight excluding hydrogens is 383 g/mol. The molecule has 1 amide bonds. The highest BCUT2D eigenvalue weighted by molar-refractivity contribution is 5.83. The number of nitrogens with zero attached hydrogens (tertiary/aromatic N) is 4. The van der Waals surface area contributed by atoms with Crippen LogP contribution in [0.15, 0.2) is 24.5 Å². The van der Waals surface area contributed by atoms with Crippen molar-refractivity contribution in [3.05, 3.63) is 35.7 Å². The van der Waals surface area contributed by atoms with Gasteiger partial charge in [0.1, 0.15) is 17.3 Å². The SMILES string of the molecule is CN1CCC(F)(CC(=O)N[C@H]2CNC[C@H]2Cc2ccc(C#N)c3nccnc23)CC1. The number of carbonyl (C=O) groups excluding carboxylic acids is 1. The molecule has 1 aromatic carbocycles. The Labute approximate surface area is 175 Å². The minimum Gasteiger partial charge on any atom is -0.352 e. The predicted octanol–water partition coefficient (Wildman–Crippen LogP) is 1.57. The zero-order valence-electron chi connectivity index (χ0n) is 17.2. The number of hydrogen-bond acceptors (Lipinski definition) is 6. The van der Waals surface area contributed by atoms with Crippen molar-refractivity contribution in [3.63, 3.8) is 0 Å². The molecule has 7 nitrogen and oxygen atoms in total. The topological polar surface area (TPSA) is 93.9 Å². The fourth-order valence-corrected chi connectivity index (χ4v) is 4.51. The van der Waals surface area contributed by atoms with Crippen molar-refractivity contribution in [1.29, 1.82) is 5.26 Å². The summed E-state index contributed by atoms with van der Waals surface area (Å²) < 4.78 is 15.0. The quantitative estimate of drug-likeness (QED) is 0.777. The molecule has 2 fully saturated rings. The second-order valence-corrected chi connectivity index (χ2v) is 8.57. The van der Waals surface area contributed by atoms with Gasteiger partial charge in [0, 0.05) is 44.6 Å². The molecule has 2 atom stereocenters. The number of nitriles is 1. The standard InChI is InChI=1S/C22H27FN6O/c1-29-8-4-22(23,5-9-29)11-19(30)28-18-14-25-13-17(18)10-15-2-3-16(12-24)21-20(15)26-6-7-27-21/h2-3,6-7,17-18,25H,4-5,8-11,13-14H2,1H3,(H,28,30)/t17-,18+/m1/s1. The van der Waals surface area contributed by atoms with Crippen LogP contribution >= 0.6 is 0 Å². The van der Waals surface area contributed by atoms with Gasteiger partial charge in [0.05, 0.1) is 17.5 Å². The van der Waals surface area contributed by atoms with Crippen molar-refractivity contribution in [2.75, 3.05) is 33.2 Å². The average Bonchev–Trinajstić information content (AvgIpc) is 3.17. The van der Waals surface area contributed by atoms with Crippen molar-refractivity contribution >= 4 is 16.9 Å². The van der Waals surface area contributed by atoms with E-state index in [0.29, 0.717) is 50.0 Å². The van der Waals surface area contributed by atoms with Crippen LogP contribution in [0, 0.1) is 17.2 Å². The largest absolute Gasteiger partial charge is 0.352 e. The normalized spacial score (nSPS) is 23.9. The van der Waals surface area contributed by atoms with Gasteiger partial charge >= 0.3 is 0 Å². The summed E-state index contributed by atoms with van der Waals surface area (Å²) in [6.07, 6.45) is 4.64. The van der Waals surface area contributed by atoms with Gasteiger partial charge in [0.25, 0.3) is 0 Å². The van der Waals surface area contributed by atoms with Gasteiger partial charge in [-0.05, 0) is 43.9 Å². The van der Waals surface area contributed by atoms with Crippen molar-refractivity contribution in [2.45, 2.75) is 37.4 Å². The molecule has 0 saturated carbocycles. The van der Waals surface area contributed by atoms with Gasteiger partial charge in [0.15, 0.2) is 0 Å². The van der Waals surface area contributed by atoms with Crippen LogP contribution in [-0.4, -0.2) is 65.7 Å². The van der Waals surface area contributed by atoms with E-state index in [9.17, 15) is 10.1 Å². The van der Waals surface area contributed by atoms with E-state index in [1.807, 2.05) is 13.1 Å². The summed E-state index contributed by atoms with van der Waals surface area (Å²) in [5.41, 5.74) is 1.43. The molecule has 2 aromatic rings. The molecule has 0 spiro atoms. The molecule has 4 rings (SSSR count). The maximum atomic E-state index is 15.0. The molecule has 2 aliphatic heterocycles. The number of piperidine rings is 1. The lowest BCUT2D eigenvalue weighted by Gasteiger charge is -2.34. The minimum absolute atomic E-state index is 0.0604. The number of aromatic nitrogens is 2. The van der Waals surface area contributed by atoms with Crippen LogP contribution < -0.4 is 10.6 Å². The third-order valence-corrected chi connectivity index (χ3v) is 6.36. The van der Waals surface area contributed by atoms with Crippen LogP contribution in [0.5, 0.6) is 0 Å². The van der Waals surface area contributed by atoms with Crippen LogP contribution in [0.4, 0.5) is 4.39 Å². The molecule has 0 aliphatic carbocycles. The van der Waals surface area contributed by atoms with Gasteiger partial charge in [0.2, 0.25) is 5.91 Å². The summed E-state index contributed by atoms with van der Waals surface area (Å²) >= 11 is 0. The van der Waals surface area contributed by atoms with E-state index in [2.05, 4.69) is 31.6 Å². The summed E-state index contributed by atoms with van der Waals surface area (Å²) in [7, 11) is 1.98. The molecule has 8 heteroatoms. The van der Waals surface area contributed by atoms with Gasteiger partial charge in [-0.25, -0.2) is 4.39 Å². The first-order chi connectivity index (χ1) is 14.5. The summed E-state index contributed by atoms with van der Waals surface area (Å²) in [6.45, 7) is 2.80. The second kappa shape index (κ2) is 8.62. The third kappa shape index (κ3) is 4.42. The number of fused-ring (bicyclic) bond motifs is 1. The van der Waals surface area contributed by atoms with Crippen molar-refractivity contribution in [3.8, 4) is 6.07 Å². The van der Waals surface area contributed by atoms with Crippen molar-refractivity contribution in [2.24, 2.45) is 5.92 Å². The number of likely N-dealkylation sites (tertiary alicyclic amines) is 1. The number of carbonyl (C=O) groups is 1. The van der Waals surface area contributed by atoms with E-state index in [-0.39, 0.29) is 24.3 Å². The first kappa shape index (κ1) is 20.6. The molecule has 2 aliphatic rings. The highest BCUT2D eigenvalue weighted by atomic mass is 19.1. The summed E-state index contributed by atoms with van der Waals surface area (Å²) in [5.74, 6) is -0.0506. The lowest BCUT2D eigenvalue weighted by Crippen LogP contribution is -2.46. The summed E-state index contributed by atoms with van der Waals surface area (Å²) in [5, 5.41) is 15.7. The van der Waals surface area contributed by atoms with E-state index in [1.165, 1.54) is 0 Å². The maximum Gasteiger partial charge on any atom is 0.223 e. The molecule has 30 heavy (non-hydrogen) atoms. The molecule has 0 unspecified atom stereocenters. The molecule has 0 bridgehead atoms. The van der Waals surface area contributed by atoms with Gasteiger partial charge in [-0.15, -0.1) is 0 Å². The minimum atomic E-state index is -1.41. The number of alkyl halides is 1.